The van der Waals surface area contributed by atoms with Crippen LogP contribution in [0.1, 0.15) is 35.8 Å². The number of nitrogens with zero attached hydrogens (tertiary/aromatic N) is 5. The number of tetrazole rings is 1. The number of amides is 1. The summed E-state index contributed by atoms with van der Waals surface area (Å²) in [7, 11) is 0. The molecule has 2 N–H and O–H groups in total. The second kappa shape index (κ2) is 8.89. The fourth-order valence-corrected chi connectivity index (χ4v) is 4.02. The maximum Gasteiger partial charge on any atom is 0.220 e. The van der Waals surface area contributed by atoms with E-state index in [0.717, 1.165) is 11.1 Å². The number of carbonyl (C=O) groups is 1. The van der Waals surface area contributed by atoms with Gasteiger partial charge in [-0.3, -0.25) is 9.69 Å². The van der Waals surface area contributed by atoms with Crippen molar-refractivity contribution in [1.82, 2.24) is 25.1 Å². The van der Waals surface area contributed by atoms with Crippen molar-refractivity contribution < 1.29 is 9.18 Å². The Labute approximate surface area is 178 Å². The van der Waals surface area contributed by atoms with Gasteiger partial charge in [-0.15, -0.1) is 5.10 Å². The number of rotatable bonds is 6. The largest absolute Gasteiger partial charge is 0.369 e. The fourth-order valence-electron chi connectivity index (χ4n) is 3.89. The number of carbonyl (C=O) groups excluding carboxylic acids is 1. The summed E-state index contributed by atoms with van der Waals surface area (Å²) < 4.78 is 15.0. The van der Waals surface area contributed by atoms with Crippen LogP contribution in [0.2, 0.25) is 5.02 Å². The van der Waals surface area contributed by atoms with Gasteiger partial charge in [0.2, 0.25) is 5.91 Å². The first-order chi connectivity index (χ1) is 14.5. The van der Waals surface area contributed by atoms with Gasteiger partial charge in [0.15, 0.2) is 5.82 Å². The zero-order valence-corrected chi connectivity index (χ0v) is 17.0. The predicted octanol–water partition coefficient (Wildman–Crippen LogP) is 2.80. The zero-order chi connectivity index (χ0) is 21.1. The number of nitrogens with two attached hydrogens (primary N) is 1. The molecule has 2 aromatic carbocycles. The van der Waals surface area contributed by atoms with Crippen LogP contribution in [0.5, 0.6) is 0 Å². The molecule has 1 saturated heterocycles. The molecule has 0 unspecified atom stereocenters. The molecular formula is C21H22ClFN6O. The van der Waals surface area contributed by atoms with Crippen LogP contribution in [0, 0.1) is 11.7 Å². The number of halogens is 2. The van der Waals surface area contributed by atoms with E-state index >= 15 is 0 Å². The lowest BCUT2D eigenvalue weighted by Gasteiger charge is -2.36. The SMILES string of the molecule is NC(=O)C1CCN([C@H](c2ccc(Cl)cc2)c2nnnn2Cc2ccc(F)cc2)CC1. The van der Waals surface area contributed by atoms with Crippen molar-refractivity contribution in [3.63, 3.8) is 0 Å². The van der Waals surface area contributed by atoms with Crippen molar-refractivity contribution in [2.75, 3.05) is 13.1 Å². The molecule has 0 aliphatic carbocycles. The van der Waals surface area contributed by atoms with Crippen molar-refractivity contribution in [2.45, 2.75) is 25.4 Å². The number of aromatic nitrogens is 4. The van der Waals surface area contributed by atoms with E-state index < -0.39 is 0 Å². The summed E-state index contributed by atoms with van der Waals surface area (Å²) in [4.78, 5) is 13.8. The van der Waals surface area contributed by atoms with E-state index in [-0.39, 0.29) is 23.7 Å². The van der Waals surface area contributed by atoms with Crippen LogP contribution in [0.25, 0.3) is 0 Å². The third-order valence-electron chi connectivity index (χ3n) is 5.53. The Morgan fingerprint density at radius 3 is 2.43 bits per heavy atom. The Morgan fingerprint density at radius 1 is 1.13 bits per heavy atom. The Hall–Kier alpha value is -2.84. The molecule has 156 valence electrons. The van der Waals surface area contributed by atoms with Crippen molar-refractivity contribution >= 4 is 17.5 Å². The smallest absolute Gasteiger partial charge is 0.220 e. The number of piperidine rings is 1. The maximum absolute atomic E-state index is 13.3. The highest BCUT2D eigenvalue weighted by molar-refractivity contribution is 6.30. The van der Waals surface area contributed by atoms with Crippen molar-refractivity contribution in [1.29, 1.82) is 0 Å². The van der Waals surface area contributed by atoms with E-state index in [2.05, 4.69) is 20.4 Å². The molecule has 3 aromatic rings. The van der Waals surface area contributed by atoms with E-state index in [9.17, 15) is 9.18 Å². The van der Waals surface area contributed by atoms with E-state index in [1.165, 1.54) is 12.1 Å². The number of hydrogen-bond acceptors (Lipinski definition) is 5. The van der Waals surface area contributed by atoms with Gasteiger partial charge in [-0.2, -0.15) is 0 Å². The van der Waals surface area contributed by atoms with Crippen molar-refractivity contribution in [2.24, 2.45) is 11.7 Å². The third-order valence-corrected chi connectivity index (χ3v) is 5.78. The normalized spacial score (nSPS) is 16.5. The molecule has 1 aromatic heterocycles. The highest BCUT2D eigenvalue weighted by Crippen LogP contribution is 2.32. The molecule has 1 aliphatic heterocycles. The van der Waals surface area contributed by atoms with Gasteiger partial charge in [0, 0.05) is 10.9 Å². The van der Waals surface area contributed by atoms with Crippen LogP contribution in [0.3, 0.4) is 0 Å². The number of primary amides is 1. The summed E-state index contributed by atoms with van der Waals surface area (Å²) in [6.07, 6.45) is 1.39. The first-order valence-corrected chi connectivity index (χ1v) is 10.2. The average Bonchev–Trinajstić information content (AvgIpc) is 3.19. The first kappa shape index (κ1) is 20.4. The van der Waals surface area contributed by atoms with E-state index in [4.69, 9.17) is 17.3 Å². The summed E-state index contributed by atoms with van der Waals surface area (Å²) in [5.41, 5.74) is 7.40. The third kappa shape index (κ3) is 4.49. The van der Waals surface area contributed by atoms with Gasteiger partial charge in [0.25, 0.3) is 0 Å². The molecule has 7 nitrogen and oxygen atoms in total. The standard InChI is InChI=1S/C21H22ClFN6O/c22-17-5-3-15(4-6-17)19(28-11-9-16(10-12-28)20(24)30)21-25-26-27-29(21)13-14-1-7-18(23)8-2-14/h1-8,16,19H,9-13H2,(H2,24,30)/t19-/m1/s1. The van der Waals surface area contributed by atoms with E-state index in [0.29, 0.717) is 43.3 Å². The monoisotopic (exact) mass is 428 g/mol. The minimum absolute atomic E-state index is 0.109. The minimum atomic E-state index is -0.285. The van der Waals surface area contributed by atoms with Crippen LogP contribution in [-0.2, 0) is 11.3 Å². The topological polar surface area (TPSA) is 89.9 Å². The molecule has 1 amide bonds. The van der Waals surface area contributed by atoms with Gasteiger partial charge in [0.1, 0.15) is 5.82 Å². The number of likely N-dealkylation sites (tertiary alicyclic amines) is 1. The molecule has 1 atom stereocenters. The molecule has 1 aliphatic rings. The number of benzene rings is 2. The molecule has 30 heavy (non-hydrogen) atoms. The molecule has 0 radical (unpaired) electrons. The fraction of sp³-hybridized carbons (Fsp3) is 0.333. The minimum Gasteiger partial charge on any atom is -0.369 e. The van der Waals surface area contributed by atoms with Crippen LogP contribution in [-0.4, -0.2) is 44.1 Å². The summed E-state index contributed by atoms with van der Waals surface area (Å²) in [5, 5.41) is 13.0. The molecular weight excluding hydrogens is 407 g/mol. The van der Waals surface area contributed by atoms with Gasteiger partial charge < -0.3 is 5.73 Å². The second-order valence-corrected chi connectivity index (χ2v) is 7.92. The van der Waals surface area contributed by atoms with Crippen LogP contribution >= 0.6 is 11.6 Å². The second-order valence-electron chi connectivity index (χ2n) is 7.49. The Bertz CT molecular complexity index is 999. The van der Waals surface area contributed by atoms with Gasteiger partial charge in [-0.25, -0.2) is 9.07 Å². The molecule has 0 spiro atoms. The highest BCUT2D eigenvalue weighted by Gasteiger charge is 2.32. The molecule has 9 heteroatoms. The lowest BCUT2D eigenvalue weighted by atomic mass is 9.93. The molecule has 0 saturated carbocycles. The Kier molecular flexibility index (Phi) is 6.06. The van der Waals surface area contributed by atoms with Gasteiger partial charge in [-0.05, 0) is 71.8 Å². The maximum atomic E-state index is 13.3. The first-order valence-electron chi connectivity index (χ1n) is 9.80. The van der Waals surface area contributed by atoms with Crippen LogP contribution in [0.4, 0.5) is 4.39 Å². The quantitative estimate of drug-likeness (QED) is 0.652. The van der Waals surface area contributed by atoms with Gasteiger partial charge >= 0.3 is 0 Å². The Balaban J connectivity index is 1.65. The van der Waals surface area contributed by atoms with Crippen molar-refractivity contribution in [3.8, 4) is 0 Å². The summed E-state index contributed by atoms with van der Waals surface area (Å²) >= 11 is 6.09. The highest BCUT2D eigenvalue weighted by atomic mass is 35.5. The Morgan fingerprint density at radius 2 is 1.80 bits per heavy atom. The van der Waals surface area contributed by atoms with Crippen molar-refractivity contribution in [3.05, 3.63) is 76.3 Å². The molecule has 0 bridgehead atoms. The summed E-state index contributed by atoms with van der Waals surface area (Å²) in [6.45, 7) is 1.82. The number of hydrogen-bond donors (Lipinski definition) is 1. The van der Waals surface area contributed by atoms with E-state index in [1.807, 2.05) is 24.3 Å². The lowest BCUT2D eigenvalue weighted by Crippen LogP contribution is -2.41. The van der Waals surface area contributed by atoms with Gasteiger partial charge in [-0.1, -0.05) is 35.9 Å². The average molecular weight is 429 g/mol. The zero-order valence-electron chi connectivity index (χ0n) is 16.3. The molecule has 2 heterocycles. The van der Waals surface area contributed by atoms with Gasteiger partial charge in [0.05, 0.1) is 12.6 Å². The summed E-state index contributed by atoms with van der Waals surface area (Å²) in [6, 6.07) is 13.7. The molecule has 4 rings (SSSR count). The van der Waals surface area contributed by atoms with E-state index in [1.54, 1.807) is 16.8 Å². The van der Waals surface area contributed by atoms with Crippen LogP contribution in [0.15, 0.2) is 48.5 Å². The predicted molar refractivity (Wildman–Crippen MR) is 110 cm³/mol. The van der Waals surface area contributed by atoms with Crippen LogP contribution < -0.4 is 5.73 Å². The molecule has 1 fully saturated rings. The summed E-state index contributed by atoms with van der Waals surface area (Å²) in [5.74, 6) is 0.0346. The lowest BCUT2D eigenvalue weighted by molar-refractivity contribution is -0.123.